The van der Waals surface area contributed by atoms with Crippen LogP contribution in [0.1, 0.15) is 36.2 Å². The number of anilines is 1. The van der Waals surface area contributed by atoms with Gasteiger partial charge in [0.05, 0.1) is 11.3 Å². The molecule has 1 rings (SSSR count). The van der Waals surface area contributed by atoms with Gasteiger partial charge in [0.2, 0.25) is 0 Å². The lowest BCUT2D eigenvalue weighted by Crippen LogP contribution is -2.33. The Labute approximate surface area is 119 Å². The fourth-order valence-electron chi connectivity index (χ4n) is 1.75. The number of carbonyl (C=O) groups excluding carboxylic acids is 1. The monoisotopic (exact) mass is 281 g/mol. The van der Waals surface area contributed by atoms with Crippen molar-refractivity contribution in [2.24, 2.45) is 5.84 Å². The average molecular weight is 281 g/mol. The minimum Gasteiger partial charge on any atom is -0.349 e. The maximum Gasteiger partial charge on any atom is 0.253 e. The molecule has 0 saturated heterocycles. The van der Waals surface area contributed by atoms with Crippen molar-refractivity contribution in [2.45, 2.75) is 33.2 Å². The summed E-state index contributed by atoms with van der Waals surface area (Å²) in [6.07, 6.45) is 0.974. The first-order chi connectivity index (χ1) is 9.08. The summed E-state index contributed by atoms with van der Waals surface area (Å²) in [5.74, 6) is 7.55. The molecule has 19 heavy (non-hydrogen) atoms. The lowest BCUT2D eigenvalue weighted by atomic mass is 10.1. The van der Waals surface area contributed by atoms with E-state index in [9.17, 15) is 4.79 Å². The van der Waals surface area contributed by atoms with Gasteiger partial charge in [-0.2, -0.15) is 11.8 Å². The van der Waals surface area contributed by atoms with Crippen LogP contribution in [0.2, 0.25) is 0 Å². The highest BCUT2D eigenvalue weighted by Crippen LogP contribution is 2.16. The number of nitrogen functional groups attached to an aromatic ring is 1. The number of nitrogens with one attached hydrogen (secondary N) is 2. The molecule has 1 aromatic rings. The Kier molecular flexibility index (Phi) is 6.73. The van der Waals surface area contributed by atoms with E-state index in [0.29, 0.717) is 11.3 Å². The molecule has 4 N–H and O–H groups in total. The molecule has 0 aliphatic carbocycles. The van der Waals surface area contributed by atoms with E-state index in [2.05, 4.69) is 17.7 Å². The third kappa shape index (κ3) is 5.12. The second-order valence-corrected chi connectivity index (χ2v) is 5.95. The molecule has 1 aromatic carbocycles. The predicted octanol–water partition coefficient (Wildman–Crippen LogP) is 2.54. The van der Waals surface area contributed by atoms with Crippen LogP contribution in [0.4, 0.5) is 5.69 Å². The Morgan fingerprint density at radius 3 is 2.84 bits per heavy atom. The first kappa shape index (κ1) is 15.9. The van der Waals surface area contributed by atoms with E-state index in [1.165, 1.54) is 0 Å². The molecular weight excluding hydrogens is 258 g/mol. The van der Waals surface area contributed by atoms with Gasteiger partial charge < -0.3 is 10.7 Å². The molecule has 0 bridgehead atoms. The van der Waals surface area contributed by atoms with Crippen molar-refractivity contribution < 1.29 is 4.79 Å². The predicted molar refractivity (Wildman–Crippen MR) is 83.5 cm³/mol. The van der Waals surface area contributed by atoms with Crippen molar-refractivity contribution in [1.29, 1.82) is 0 Å². The molecule has 1 atom stereocenters. The number of carbonyl (C=O) groups is 1. The van der Waals surface area contributed by atoms with E-state index in [-0.39, 0.29) is 11.9 Å². The largest absolute Gasteiger partial charge is 0.349 e. The van der Waals surface area contributed by atoms with Crippen LogP contribution in [0.25, 0.3) is 0 Å². The maximum absolute atomic E-state index is 12.2. The summed E-state index contributed by atoms with van der Waals surface area (Å²) < 4.78 is 0. The number of amides is 1. The summed E-state index contributed by atoms with van der Waals surface area (Å²) in [7, 11) is 0. The fraction of sp³-hybridized carbons (Fsp3) is 0.500. The van der Waals surface area contributed by atoms with Crippen molar-refractivity contribution in [3.63, 3.8) is 0 Å². The van der Waals surface area contributed by atoms with E-state index in [4.69, 9.17) is 5.84 Å². The Balaban J connectivity index is 2.62. The van der Waals surface area contributed by atoms with E-state index >= 15 is 0 Å². The Hall–Kier alpha value is -1.20. The van der Waals surface area contributed by atoms with Gasteiger partial charge in [-0.25, -0.2) is 0 Å². The summed E-state index contributed by atoms with van der Waals surface area (Å²) in [5.41, 5.74) is 4.89. The number of aryl methyl sites for hydroxylation is 1. The van der Waals surface area contributed by atoms with Crippen molar-refractivity contribution in [1.82, 2.24) is 5.32 Å². The molecule has 106 valence electrons. The zero-order valence-corrected chi connectivity index (χ0v) is 12.6. The normalized spacial score (nSPS) is 12.0. The van der Waals surface area contributed by atoms with Crippen molar-refractivity contribution in [3.05, 3.63) is 29.3 Å². The maximum atomic E-state index is 12.2. The number of hydrazine groups is 1. The molecule has 5 heteroatoms. The van der Waals surface area contributed by atoms with E-state index < -0.39 is 0 Å². The summed E-state index contributed by atoms with van der Waals surface area (Å²) in [6, 6.07) is 5.74. The number of hydrogen-bond donors (Lipinski definition) is 3. The molecule has 0 radical (unpaired) electrons. The minimum absolute atomic E-state index is 0.0815. The van der Waals surface area contributed by atoms with Gasteiger partial charge in [-0.3, -0.25) is 10.6 Å². The van der Waals surface area contributed by atoms with Gasteiger partial charge >= 0.3 is 0 Å². The number of benzene rings is 1. The Morgan fingerprint density at radius 1 is 1.47 bits per heavy atom. The van der Waals surface area contributed by atoms with Crippen LogP contribution in [0.15, 0.2) is 18.2 Å². The molecule has 0 fully saturated rings. The Morgan fingerprint density at radius 2 is 2.21 bits per heavy atom. The first-order valence-electron chi connectivity index (χ1n) is 6.54. The molecule has 1 amide bonds. The van der Waals surface area contributed by atoms with Crippen LogP contribution in [0, 0.1) is 6.92 Å². The van der Waals surface area contributed by atoms with Gasteiger partial charge in [0.25, 0.3) is 5.91 Å². The topological polar surface area (TPSA) is 67.2 Å². The third-order valence-corrected chi connectivity index (χ3v) is 3.78. The Bertz CT molecular complexity index is 423. The smallest absolute Gasteiger partial charge is 0.253 e. The van der Waals surface area contributed by atoms with E-state index in [1.807, 2.05) is 37.7 Å². The van der Waals surface area contributed by atoms with Crippen LogP contribution in [0.5, 0.6) is 0 Å². The molecule has 1 unspecified atom stereocenters. The molecule has 0 aromatic heterocycles. The van der Waals surface area contributed by atoms with Crippen LogP contribution >= 0.6 is 11.8 Å². The van der Waals surface area contributed by atoms with E-state index in [1.54, 1.807) is 6.07 Å². The third-order valence-electron chi connectivity index (χ3n) is 2.85. The van der Waals surface area contributed by atoms with Gasteiger partial charge in [-0.1, -0.05) is 13.0 Å². The van der Waals surface area contributed by atoms with Crippen LogP contribution in [-0.2, 0) is 0 Å². The molecular formula is C14H23N3OS. The van der Waals surface area contributed by atoms with Gasteiger partial charge in [0, 0.05) is 6.04 Å². The number of thioether (sulfide) groups is 1. The van der Waals surface area contributed by atoms with Crippen molar-refractivity contribution in [3.8, 4) is 0 Å². The lowest BCUT2D eigenvalue weighted by Gasteiger charge is -2.15. The zero-order valence-electron chi connectivity index (χ0n) is 11.8. The van der Waals surface area contributed by atoms with Crippen LogP contribution in [-0.4, -0.2) is 23.5 Å². The van der Waals surface area contributed by atoms with E-state index in [0.717, 1.165) is 23.5 Å². The fourth-order valence-corrected chi connectivity index (χ4v) is 2.56. The second-order valence-electron chi connectivity index (χ2n) is 4.55. The molecule has 4 nitrogen and oxygen atoms in total. The van der Waals surface area contributed by atoms with Gasteiger partial charge in [0.1, 0.15) is 0 Å². The number of hydrogen-bond acceptors (Lipinski definition) is 4. The van der Waals surface area contributed by atoms with Gasteiger partial charge in [-0.05, 0) is 49.5 Å². The molecule has 0 heterocycles. The molecule has 0 aliphatic heterocycles. The number of rotatable bonds is 7. The highest BCUT2D eigenvalue weighted by molar-refractivity contribution is 7.99. The van der Waals surface area contributed by atoms with Crippen molar-refractivity contribution in [2.75, 3.05) is 16.9 Å². The lowest BCUT2D eigenvalue weighted by molar-refractivity contribution is 0.0940. The van der Waals surface area contributed by atoms with Crippen molar-refractivity contribution >= 4 is 23.4 Å². The molecule has 0 spiro atoms. The minimum atomic E-state index is -0.0815. The zero-order chi connectivity index (χ0) is 14.3. The van der Waals surface area contributed by atoms with Crippen LogP contribution in [0.3, 0.4) is 0 Å². The highest BCUT2D eigenvalue weighted by atomic mass is 32.2. The SMILES string of the molecule is CCSCCC(C)NC(=O)c1ccc(C)cc1NN. The average Bonchev–Trinajstić information content (AvgIpc) is 2.38. The number of nitrogens with two attached hydrogens (primary N) is 1. The quantitative estimate of drug-likeness (QED) is 0.408. The summed E-state index contributed by atoms with van der Waals surface area (Å²) in [6.45, 7) is 6.13. The molecule has 0 saturated carbocycles. The first-order valence-corrected chi connectivity index (χ1v) is 7.69. The highest BCUT2D eigenvalue weighted by Gasteiger charge is 2.13. The van der Waals surface area contributed by atoms with Gasteiger partial charge in [0.15, 0.2) is 0 Å². The van der Waals surface area contributed by atoms with Crippen LogP contribution < -0.4 is 16.6 Å². The standard InChI is InChI=1S/C14H23N3OS/c1-4-19-8-7-11(3)16-14(18)12-6-5-10(2)9-13(12)17-15/h5-6,9,11,17H,4,7-8,15H2,1-3H3,(H,16,18). The summed E-state index contributed by atoms with van der Waals surface area (Å²) in [4.78, 5) is 12.2. The summed E-state index contributed by atoms with van der Waals surface area (Å²) >= 11 is 1.89. The van der Waals surface area contributed by atoms with Gasteiger partial charge in [-0.15, -0.1) is 0 Å². The molecule has 0 aliphatic rings. The summed E-state index contributed by atoms with van der Waals surface area (Å²) in [5, 5.41) is 3.00. The second kappa shape index (κ2) is 8.07.